The highest BCUT2D eigenvalue weighted by atomic mass is 32.2. The van der Waals surface area contributed by atoms with E-state index in [1.807, 2.05) is 6.92 Å². The lowest BCUT2D eigenvalue weighted by Crippen LogP contribution is -2.53. The van der Waals surface area contributed by atoms with Crippen LogP contribution in [0.5, 0.6) is 0 Å². The van der Waals surface area contributed by atoms with E-state index in [1.165, 1.54) is 4.31 Å². The molecule has 0 aromatic rings. The van der Waals surface area contributed by atoms with Crippen molar-refractivity contribution in [3.8, 4) is 0 Å². The SMILES string of the molecule is CC1CCCCN1S(=O)(=O)N1CCCC1C(N)=S. The maximum absolute atomic E-state index is 12.6. The van der Waals surface area contributed by atoms with Gasteiger partial charge in [-0.2, -0.15) is 17.0 Å². The molecule has 2 aliphatic heterocycles. The molecule has 0 aliphatic carbocycles. The van der Waals surface area contributed by atoms with E-state index in [4.69, 9.17) is 18.0 Å². The lowest BCUT2D eigenvalue weighted by Gasteiger charge is -2.36. The van der Waals surface area contributed by atoms with Crippen LogP contribution in [0.4, 0.5) is 0 Å². The molecule has 2 atom stereocenters. The number of piperidine rings is 1. The van der Waals surface area contributed by atoms with Gasteiger partial charge >= 0.3 is 0 Å². The van der Waals surface area contributed by atoms with Crippen molar-refractivity contribution >= 4 is 27.4 Å². The van der Waals surface area contributed by atoms with Gasteiger partial charge in [0.05, 0.1) is 11.0 Å². The highest BCUT2D eigenvalue weighted by Crippen LogP contribution is 2.28. The Kier molecular flexibility index (Phi) is 4.25. The van der Waals surface area contributed by atoms with E-state index in [0.29, 0.717) is 18.1 Å². The molecule has 104 valence electrons. The fourth-order valence-electron chi connectivity index (χ4n) is 2.85. The molecule has 0 saturated carbocycles. The fraction of sp³-hybridized carbons (Fsp3) is 0.909. The summed E-state index contributed by atoms with van der Waals surface area (Å²) in [6.45, 7) is 3.13. The summed E-state index contributed by atoms with van der Waals surface area (Å²) < 4.78 is 28.4. The zero-order valence-corrected chi connectivity index (χ0v) is 12.3. The molecular formula is C11H21N3O2S2. The van der Waals surface area contributed by atoms with Gasteiger partial charge in [-0.05, 0) is 32.6 Å². The first kappa shape index (κ1) is 14.2. The van der Waals surface area contributed by atoms with E-state index in [2.05, 4.69) is 0 Å². The second-order valence-corrected chi connectivity index (χ2v) is 7.44. The summed E-state index contributed by atoms with van der Waals surface area (Å²) in [7, 11) is -3.41. The Bertz CT molecular complexity index is 424. The van der Waals surface area contributed by atoms with Crippen LogP contribution in [0.15, 0.2) is 0 Å². The number of nitrogens with zero attached hydrogens (tertiary/aromatic N) is 2. The standard InChI is InChI=1S/C11H21N3O2S2/c1-9-5-2-3-7-13(9)18(15,16)14-8-4-6-10(14)11(12)17/h9-10H,2-8H2,1H3,(H2,12,17). The summed E-state index contributed by atoms with van der Waals surface area (Å²) in [6, 6.07) is -0.213. The van der Waals surface area contributed by atoms with Gasteiger partial charge in [0.2, 0.25) is 0 Å². The molecule has 5 nitrogen and oxygen atoms in total. The van der Waals surface area contributed by atoms with Gasteiger partial charge in [0.1, 0.15) is 0 Å². The molecule has 2 saturated heterocycles. The molecule has 0 aromatic heterocycles. The topological polar surface area (TPSA) is 66.6 Å². The maximum atomic E-state index is 12.6. The third-order valence-electron chi connectivity index (χ3n) is 3.87. The van der Waals surface area contributed by atoms with E-state index < -0.39 is 10.2 Å². The normalized spacial score (nSPS) is 31.6. The van der Waals surface area contributed by atoms with Gasteiger partial charge in [0.15, 0.2) is 0 Å². The molecule has 7 heteroatoms. The molecular weight excluding hydrogens is 270 g/mol. The predicted octanol–water partition coefficient (Wildman–Crippen LogP) is 0.856. The van der Waals surface area contributed by atoms with Crippen LogP contribution >= 0.6 is 12.2 Å². The van der Waals surface area contributed by atoms with Crippen molar-refractivity contribution < 1.29 is 8.42 Å². The largest absolute Gasteiger partial charge is 0.392 e. The molecule has 2 heterocycles. The summed E-state index contributed by atoms with van der Waals surface area (Å²) in [6.07, 6.45) is 4.56. The second kappa shape index (κ2) is 5.40. The summed E-state index contributed by atoms with van der Waals surface area (Å²) in [5.74, 6) is 0. The van der Waals surface area contributed by atoms with Crippen molar-refractivity contribution in [1.82, 2.24) is 8.61 Å². The summed E-state index contributed by atoms with van der Waals surface area (Å²) in [5.41, 5.74) is 5.66. The van der Waals surface area contributed by atoms with Crippen LogP contribution in [-0.2, 0) is 10.2 Å². The Hall–Kier alpha value is -0.240. The van der Waals surface area contributed by atoms with Gasteiger partial charge < -0.3 is 5.73 Å². The first-order valence-electron chi connectivity index (χ1n) is 6.52. The minimum absolute atomic E-state index is 0.0799. The van der Waals surface area contributed by atoms with Crippen LogP contribution in [0.25, 0.3) is 0 Å². The Morgan fingerprint density at radius 2 is 1.83 bits per heavy atom. The highest BCUT2D eigenvalue weighted by Gasteiger charge is 2.41. The first-order chi connectivity index (χ1) is 8.44. The molecule has 2 N–H and O–H groups in total. The Morgan fingerprint density at radius 1 is 1.17 bits per heavy atom. The third-order valence-corrected chi connectivity index (χ3v) is 6.30. The Labute approximate surface area is 114 Å². The minimum Gasteiger partial charge on any atom is -0.392 e. The molecule has 0 bridgehead atoms. The predicted molar refractivity (Wildman–Crippen MR) is 75.5 cm³/mol. The van der Waals surface area contributed by atoms with Crippen molar-refractivity contribution in [2.75, 3.05) is 13.1 Å². The van der Waals surface area contributed by atoms with E-state index in [9.17, 15) is 8.42 Å². The number of thiocarbonyl (C=S) groups is 1. The molecule has 2 unspecified atom stereocenters. The number of hydrogen-bond acceptors (Lipinski definition) is 3. The van der Waals surface area contributed by atoms with Crippen molar-refractivity contribution in [2.45, 2.75) is 51.1 Å². The van der Waals surface area contributed by atoms with Crippen molar-refractivity contribution in [2.24, 2.45) is 5.73 Å². The van der Waals surface area contributed by atoms with Crippen molar-refractivity contribution in [3.05, 3.63) is 0 Å². The molecule has 2 aliphatic rings. The highest BCUT2D eigenvalue weighted by molar-refractivity contribution is 7.87. The van der Waals surface area contributed by atoms with Gasteiger partial charge in [-0.3, -0.25) is 0 Å². The lowest BCUT2D eigenvalue weighted by atomic mass is 10.1. The van der Waals surface area contributed by atoms with Crippen LogP contribution in [0.3, 0.4) is 0 Å². The van der Waals surface area contributed by atoms with E-state index >= 15 is 0 Å². The van der Waals surface area contributed by atoms with Gasteiger partial charge in [-0.25, -0.2) is 0 Å². The molecule has 0 aromatic carbocycles. The summed E-state index contributed by atoms with van der Waals surface area (Å²) >= 11 is 4.99. The van der Waals surface area contributed by atoms with Gasteiger partial charge in [-0.1, -0.05) is 18.6 Å². The van der Waals surface area contributed by atoms with E-state index in [1.54, 1.807) is 4.31 Å². The van der Waals surface area contributed by atoms with E-state index in [-0.39, 0.29) is 12.1 Å². The van der Waals surface area contributed by atoms with Crippen LogP contribution in [0.2, 0.25) is 0 Å². The molecule has 2 rings (SSSR count). The smallest absolute Gasteiger partial charge is 0.282 e. The maximum Gasteiger partial charge on any atom is 0.282 e. The summed E-state index contributed by atoms with van der Waals surface area (Å²) in [5, 5.41) is 0. The van der Waals surface area contributed by atoms with E-state index in [0.717, 1.165) is 32.1 Å². The van der Waals surface area contributed by atoms with Gasteiger partial charge in [0, 0.05) is 19.1 Å². The zero-order valence-electron chi connectivity index (χ0n) is 10.7. The van der Waals surface area contributed by atoms with Gasteiger partial charge in [-0.15, -0.1) is 0 Å². The van der Waals surface area contributed by atoms with Crippen LogP contribution in [0.1, 0.15) is 39.0 Å². The second-order valence-electron chi connectivity index (χ2n) is 5.13. The molecule has 18 heavy (non-hydrogen) atoms. The quantitative estimate of drug-likeness (QED) is 0.783. The van der Waals surface area contributed by atoms with Crippen LogP contribution in [0, 0.1) is 0 Å². The zero-order chi connectivity index (χ0) is 13.3. The average Bonchev–Trinajstić information content (AvgIpc) is 2.78. The molecule has 2 fully saturated rings. The third kappa shape index (κ3) is 2.54. The van der Waals surface area contributed by atoms with Gasteiger partial charge in [0.25, 0.3) is 10.2 Å². The Morgan fingerprint density at radius 3 is 2.44 bits per heavy atom. The van der Waals surface area contributed by atoms with Crippen LogP contribution < -0.4 is 5.73 Å². The molecule has 0 spiro atoms. The van der Waals surface area contributed by atoms with Crippen molar-refractivity contribution in [1.29, 1.82) is 0 Å². The molecule has 0 amide bonds. The number of nitrogens with two attached hydrogens (primary N) is 1. The summed E-state index contributed by atoms with van der Waals surface area (Å²) in [4.78, 5) is 0.292. The fourth-order valence-corrected chi connectivity index (χ4v) is 5.25. The number of hydrogen-bond donors (Lipinski definition) is 1. The lowest BCUT2D eigenvalue weighted by molar-refractivity contribution is 0.247. The average molecular weight is 291 g/mol. The minimum atomic E-state index is -3.41. The Balaban J connectivity index is 2.22. The molecule has 0 radical (unpaired) electrons. The number of rotatable bonds is 3. The van der Waals surface area contributed by atoms with Crippen molar-refractivity contribution in [3.63, 3.8) is 0 Å². The van der Waals surface area contributed by atoms with Crippen LogP contribution in [-0.4, -0.2) is 47.2 Å². The first-order valence-corrected chi connectivity index (χ1v) is 8.33. The monoisotopic (exact) mass is 291 g/mol.